The minimum absolute atomic E-state index is 0.100. The Kier molecular flexibility index (Phi) is 4.47. The molecule has 2 aliphatic rings. The van der Waals surface area contributed by atoms with Crippen molar-refractivity contribution in [2.24, 2.45) is 0 Å². The average molecular weight is 450 g/mol. The summed E-state index contributed by atoms with van der Waals surface area (Å²) in [5, 5.41) is 12.0. The molecule has 154 valence electrons. The minimum atomic E-state index is -1.50. The van der Waals surface area contributed by atoms with E-state index in [0.29, 0.717) is 26.9 Å². The number of benzene rings is 3. The molecular weight excluding hydrogens is 433 g/mol. The third-order valence-electron chi connectivity index (χ3n) is 6.03. The maximum atomic E-state index is 13.8. The van der Waals surface area contributed by atoms with Gasteiger partial charge in [0.1, 0.15) is 0 Å². The molecular formula is C25H17Cl2NO3. The van der Waals surface area contributed by atoms with Crippen LogP contribution in [0.3, 0.4) is 0 Å². The second-order valence-corrected chi connectivity index (χ2v) is 8.65. The van der Waals surface area contributed by atoms with Crippen LogP contribution in [-0.2, 0) is 21.5 Å². The number of rotatable bonds is 2. The fraction of sp³-hybridized carbons (Fsp3) is 0.120. The third-order valence-corrected chi connectivity index (χ3v) is 6.50. The summed E-state index contributed by atoms with van der Waals surface area (Å²) in [5.41, 5.74) is 1.99. The Hall–Kier alpha value is -3.08. The maximum absolute atomic E-state index is 13.8. The van der Waals surface area contributed by atoms with Gasteiger partial charge in [-0.05, 0) is 53.4 Å². The molecule has 0 fully saturated rings. The average Bonchev–Trinajstić information content (AvgIpc) is 3.15. The molecule has 0 saturated carbocycles. The zero-order valence-corrected chi connectivity index (χ0v) is 18.0. The summed E-state index contributed by atoms with van der Waals surface area (Å²) in [5.74, 6) is -1.29. The molecule has 4 nitrogen and oxygen atoms in total. The van der Waals surface area contributed by atoms with E-state index in [1.54, 1.807) is 48.5 Å². The number of hydrogen-bond acceptors (Lipinski definition) is 3. The predicted octanol–water partition coefficient (Wildman–Crippen LogP) is 5.64. The monoisotopic (exact) mass is 449 g/mol. The topological polar surface area (TPSA) is 57.6 Å². The van der Waals surface area contributed by atoms with Crippen molar-refractivity contribution >= 4 is 46.2 Å². The van der Waals surface area contributed by atoms with E-state index in [1.807, 2.05) is 25.1 Å². The Morgan fingerprint density at radius 2 is 1.61 bits per heavy atom. The van der Waals surface area contributed by atoms with E-state index in [-0.39, 0.29) is 17.8 Å². The fourth-order valence-electron chi connectivity index (χ4n) is 4.74. The summed E-state index contributed by atoms with van der Waals surface area (Å²) in [6.45, 7) is 1.84. The van der Waals surface area contributed by atoms with Crippen LogP contribution >= 0.6 is 23.2 Å². The lowest BCUT2D eigenvalue weighted by molar-refractivity contribution is -0.124. The molecule has 1 aliphatic carbocycles. The van der Waals surface area contributed by atoms with Crippen LogP contribution in [0.5, 0.6) is 0 Å². The highest BCUT2D eigenvalue weighted by Gasteiger charge is 2.62. The van der Waals surface area contributed by atoms with Gasteiger partial charge in [0.15, 0.2) is 17.1 Å². The Balaban J connectivity index is 1.89. The van der Waals surface area contributed by atoms with Gasteiger partial charge in [-0.1, -0.05) is 65.7 Å². The summed E-state index contributed by atoms with van der Waals surface area (Å²) in [6.07, 6.45) is 0.100. The molecule has 0 bridgehead atoms. The Morgan fingerprint density at radius 3 is 2.35 bits per heavy atom. The summed E-state index contributed by atoms with van der Waals surface area (Å²) >= 11 is 12.5. The number of halogens is 2. The number of ketones is 1. The number of carbonyl (C=O) groups is 2. The number of aliphatic hydroxyl groups is 1. The Morgan fingerprint density at radius 1 is 0.935 bits per heavy atom. The van der Waals surface area contributed by atoms with Gasteiger partial charge in [0.25, 0.3) is 5.91 Å². The van der Waals surface area contributed by atoms with Crippen LogP contribution in [0.4, 0.5) is 5.69 Å². The third kappa shape index (κ3) is 2.68. The standard InChI is InChI=1S/C25H17Cl2NO3/c1-14-7-8-18(27)13-20(14)28-24(31)23(30)22(15-5-3-2-4-6-15)25(28)19-10-9-17(26)11-16(19)12-21(25)29/h2-11,13,30H,12H2,1H3. The first-order chi connectivity index (χ1) is 14.9. The van der Waals surface area contributed by atoms with E-state index >= 15 is 0 Å². The number of nitrogens with zero attached hydrogens (tertiary/aromatic N) is 1. The van der Waals surface area contributed by atoms with Crippen LogP contribution in [0.15, 0.2) is 72.5 Å². The summed E-state index contributed by atoms with van der Waals surface area (Å²) < 4.78 is 0. The van der Waals surface area contributed by atoms with Crippen molar-refractivity contribution in [1.29, 1.82) is 0 Å². The molecule has 1 heterocycles. The maximum Gasteiger partial charge on any atom is 0.294 e. The molecule has 5 rings (SSSR count). The second kappa shape index (κ2) is 6.98. The number of hydrogen-bond donors (Lipinski definition) is 1. The van der Waals surface area contributed by atoms with Gasteiger partial charge in [-0.2, -0.15) is 0 Å². The Bertz CT molecular complexity index is 1300. The highest BCUT2D eigenvalue weighted by Crippen LogP contribution is 2.55. The van der Waals surface area contributed by atoms with Crippen LogP contribution in [0.25, 0.3) is 5.57 Å². The number of fused-ring (bicyclic) bond motifs is 2. The SMILES string of the molecule is Cc1ccc(Cl)cc1N1C(=O)C(O)=C(c2ccccc2)C12C(=O)Cc1cc(Cl)ccc12. The molecule has 1 N–H and O–H groups in total. The molecule has 0 aromatic heterocycles. The number of aliphatic hydroxyl groups excluding tert-OH is 1. The quantitative estimate of drug-likeness (QED) is 0.550. The van der Waals surface area contributed by atoms with Crippen molar-refractivity contribution in [3.8, 4) is 0 Å². The molecule has 1 amide bonds. The Labute approximate surface area is 189 Å². The molecule has 3 aromatic carbocycles. The fourth-order valence-corrected chi connectivity index (χ4v) is 5.11. The van der Waals surface area contributed by atoms with Gasteiger partial charge in [-0.3, -0.25) is 14.5 Å². The van der Waals surface area contributed by atoms with Gasteiger partial charge in [0, 0.05) is 22.0 Å². The van der Waals surface area contributed by atoms with Gasteiger partial charge in [-0.25, -0.2) is 0 Å². The number of amides is 1. The van der Waals surface area contributed by atoms with Crippen LogP contribution in [-0.4, -0.2) is 16.8 Å². The molecule has 1 unspecified atom stereocenters. The lowest BCUT2D eigenvalue weighted by Crippen LogP contribution is -2.50. The first kappa shape index (κ1) is 19.9. The van der Waals surface area contributed by atoms with Crippen molar-refractivity contribution in [3.05, 3.63) is 105 Å². The van der Waals surface area contributed by atoms with Gasteiger partial charge in [-0.15, -0.1) is 0 Å². The molecule has 1 spiro atoms. The van der Waals surface area contributed by atoms with Gasteiger partial charge < -0.3 is 5.11 Å². The lowest BCUT2D eigenvalue weighted by atomic mass is 9.79. The van der Waals surface area contributed by atoms with E-state index in [1.165, 1.54) is 4.90 Å². The zero-order chi connectivity index (χ0) is 21.9. The second-order valence-electron chi connectivity index (χ2n) is 7.77. The first-order valence-corrected chi connectivity index (χ1v) is 10.5. The number of Topliss-reactive ketones (excluding diaryl/α,β-unsaturated/α-hetero) is 1. The van der Waals surface area contributed by atoms with Crippen molar-refractivity contribution in [1.82, 2.24) is 0 Å². The first-order valence-electron chi connectivity index (χ1n) is 9.77. The van der Waals surface area contributed by atoms with Crippen molar-refractivity contribution in [2.75, 3.05) is 4.90 Å². The van der Waals surface area contributed by atoms with E-state index < -0.39 is 17.2 Å². The summed E-state index contributed by atoms with van der Waals surface area (Å²) in [7, 11) is 0. The van der Waals surface area contributed by atoms with E-state index in [9.17, 15) is 14.7 Å². The highest BCUT2D eigenvalue weighted by atomic mass is 35.5. The number of aryl methyl sites for hydroxylation is 1. The molecule has 1 aliphatic heterocycles. The molecule has 31 heavy (non-hydrogen) atoms. The zero-order valence-electron chi connectivity index (χ0n) is 16.5. The molecule has 1 atom stereocenters. The van der Waals surface area contributed by atoms with Crippen LogP contribution in [0.1, 0.15) is 22.3 Å². The molecule has 3 aromatic rings. The van der Waals surface area contributed by atoms with Gasteiger partial charge in [0.05, 0.1) is 5.69 Å². The molecule has 0 radical (unpaired) electrons. The molecule has 0 saturated heterocycles. The van der Waals surface area contributed by atoms with E-state index in [2.05, 4.69) is 0 Å². The van der Waals surface area contributed by atoms with Gasteiger partial charge in [0.2, 0.25) is 0 Å². The predicted molar refractivity (Wildman–Crippen MR) is 122 cm³/mol. The minimum Gasteiger partial charge on any atom is -0.503 e. The number of anilines is 1. The normalized spacial score (nSPS) is 20.2. The number of carbonyl (C=O) groups excluding carboxylic acids is 2. The largest absolute Gasteiger partial charge is 0.503 e. The van der Waals surface area contributed by atoms with Crippen LogP contribution in [0, 0.1) is 6.92 Å². The van der Waals surface area contributed by atoms with Crippen LogP contribution in [0.2, 0.25) is 10.0 Å². The van der Waals surface area contributed by atoms with E-state index in [0.717, 1.165) is 11.1 Å². The smallest absolute Gasteiger partial charge is 0.294 e. The van der Waals surface area contributed by atoms with E-state index in [4.69, 9.17) is 23.2 Å². The summed E-state index contributed by atoms with van der Waals surface area (Å²) in [6, 6.07) is 19.4. The lowest BCUT2D eigenvalue weighted by Gasteiger charge is -2.37. The van der Waals surface area contributed by atoms with Crippen LogP contribution < -0.4 is 4.90 Å². The van der Waals surface area contributed by atoms with Crippen molar-refractivity contribution in [3.63, 3.8) is 0 Å². The summed E-state index contributed by atoms with van der Waals surface area (Å²) in [4.78, 5) is 28.7. The van der Waals surface area contributed by atoms with Crippen molar-refractivity contribution < 1.29 is 14.7 Å². The van der Waals surface area contributed by atoms with Gasteiger partial charge >= 0.3 is 0 Å². The van der Waals surface area contributed by atoms with Crippen molar-refractivity contribution in [2.45, 2.75) is 18.9 Å². The molecule has 6 heteroatoms. The highest BCUT2D eigenvalue weighted by molar-refractivity contribution is 6.32.